The molecule has 0 unspecified atom stereocenters. The molecule has 0 aliphatic carbocycles. The second-order valence-electron chi connectivity index (χ2n) is 10.6. The van der Waals surface area contributed by atoms with Gasteiger partial charge < -0.3 is 4.74 Å². The predicted octanol–water partition coefficient (Wildman–Crippen LogP) is 10.9. The van der Waals surface area contributed by atoms with Crippen LogP contribution in [0.3, 0.4) is 0 Å². The van der Waals surface area contributed by atoms with Crippen molar-refractivity contribution in [3.63, 3.8) is 0 Å². The summed E-state index contributed by atoms with van der Waals surface area (Å²) in [5.41, 5.74) is 4.78. The second-order valence-corrected chi connectivity index (χ2v) is 10.6. The third-order valence-electron chi connectivity index (χ3n) is 8.37. The van der Waals surface area contributed by atoms with Crippen LogP contribution in [0.5, 0.6) is 11.5 Å². The molecule has 0 radical (unpaired) electrons. The number of hydrogen-bond donors (Lipinski definition) is 0. The van der Waals surface area contributed by atoms with Crippen molar-refractivity contribution in [1.82, 2.24) is 0 Å². The van der Waals surface area contributed by atoms with Crippen LogP contribution in [0.25, 0.3) is 76.1 Å². The third kappa shape index (κ3) is 3.02. The fraction of sp³-hybridized carbons (Fsp3) is 0. The quantitative estimate of drug-likeness (QED) is 0.163. The van der Waals surface area contributed by atoms with Crippen molar-refractivity contribution in [3.8, 4) is 33.8 Å². The number of benzene rings is 8. The van der Waals surface area contributed by atoms with Gasteiger partial charge in [0.1, 0.15) is 11.5 Å². The predicted molar refractivity (Wildman–Crippen MR) is 165 cm³/mol. The normalized spacial score (nSPS) is 12.3. The van der Waals surface area contributed by atoms with Crippen LogP contribution in [-0.4, -0.2) is 0 Å². The van der Waals surface area contributed by atoms with E-state index in [0.717, 1.165) is 17.1 Å². The standard InChI is InChI=1S/C38H22O/c1-2-7-24-20-34-29(18-23(24)6-1)13-12-28-19-25(14-16-31(28)34)26-15-17-36-35(21-26)33-11-5-10-32-30-9-4-3-8-27(30)22-37(39-36)38(32)33/h1-22H. The maximum atomic E-state index is 6.50. The number of fused-ring (bicyclic) bond motifs is 8. The van der Waals surface area contributed by atoms with Crippen molar-refractivity contribution < 1.29 is 4.74 Å². The molecule has 0 bridgehead atoms. The van der Waals surface area contributed by atoms with Crippen LogP contribution in [-0.2, 0) is 0 Å². The van der Waals surface area contributed by atoms with Gasteiger partial charge in [0.15, 0.2) is 0 Å². The zero-order valence-electron chi connectivity index (χ0n) is 21.1. The number of rotatable bonds is 1. The number of ether oxygens (including phenoxy) is 1. The Morgan fingerprint density at radius 2 is 1.00 bits per heavy atom. The Morgan fingerprint density at radius 3 is 1.90 bits per heavy atom. The first-order valence-corrected chi connectivity index (χ1v) is 13.4. The monoisotopic (exact) mass is 494 g/mol. The van der Waals surface area contributed by atoms with E-state index in [0.29, 0.717) is 0 Å². The smallest absolute Gasteiger partial charge is 0.136 e. The van der Waals surface area contributed by atoms with Crippen molar-refractivity contribution in [2.24, 2.45) is 0 Å². The maximum Gasteiger partial charge on any atom is 0.136 e. The Labute approximate surface area is 225 Å². The average molecular weight is 495 g/mol. The van der Waals surface area contributed by atoms with Crippen LogP contribution in [0.2, 0.25) is 0 Å². The summed E-state index contributed by atoms with van der Waals surface area (Å²) >= 11 is 0. The molecule has 9 rings (SSSR count). The van der Waals surface area contributed by atoms with E-state index in [9.17, 15) is 0 Å². The summed E-state index contributed by atoms with van der Waals surface area (Å²) in [6.07, 6.45) is 0. The van der Waals surface area contributed by atoms with Crippen LogP contribution in [0.1, 0.15) is 0 Å². The highest BCUT2D eigenvalue weighted by molar-refractivity contribution is 6.17. The Balaban J connectivity index is 1.22. The molecule has 1 aliphatic heterocycles. The summed E-state index contributed by atoms with van der Waals surface area (Å²) in [7, 11) is 0. The van der Waals surface area contributed by atoms with E-state index in [2.05, 4.69) is 133 Å². The molecular formula is C38H22O. The van der Waals surface area contributed by atoms with Gasteiger partial charge in [0.25, 0.3) is 0 Å². The average Bonchev–Trinajstić information content (AvgIpc) is 3.00. The highest BCUT2D eigenvalue weighted by Gasteiger charge is 2.22. The Bertz CT molecular complexity index is 2310. The first-order chi connectivity index (χ1) is 19.3. The summed E-state index contributed by atoms with van der Waals surface area (Å²) in [6.45, 7) is 0. The molecular weight excluding hydrogens is 472 g/mol. The largest absolute Gasteiger partial charge is 0.456 e. The molecule has 0 N–H and O–H groups in total. The van der Waals surface area contributed by atoms with E-state index in [1.54, 1.807) is 0 Å². The van der Waals surface area contributed by atoms with Gasteiger partial charge in [-0.15, -0.1) is 0 Å². The molecule has 0 aromatic heterocycles. The topological polar surface area (TPSA) is 9.23 Å². The van der Waals surface area contributed by atoms with Gasteiger partial charge in [0.05, 0.1) is 0 Å². The van der Waals surface area contributed by atoms with Gasteiger partial charge in [-0.25, -0.2) is 0 Å². The fourth-order valence-corrected chi connectivity index (χ4v) is 6.49. The van der Waals surface area contributed by atoms with E-state index in [-0.39, 0.29) is 0 Å². The molecule has 39 heavy (non-hydrogen) atoms. The van der Waals surface area contributed by atoms with E-state index in [1.165, 1.54) is 70.6 Å². The van der Waals surface area contributed by atoms with Gasteiger partial charge in [0, 0.05) is 10.9 Å². The minimum atomic E-state index is 0.910. The van der Waals surface area contributed by atoms with Crippen molar-refractivity contribution in [3.05, 3.63) is 133 Å². The lowest BCUT2D eigenvalue weighted by molar-refractivity contribution is 0.488. The molecule has 0 amide bonds. The maximum absolute atomic E-state index is 6.50. The molecule has 0 fully saturated rings. The number of hydrogen-bond acceptors (Lipinski definition) is 1. The van der Waals surface area contributed by atoms with E-state index in [1.807, 2.05) is 0 Å². The van der Waals surface area contributed by atoms with Crippen LogP contribution >= 0.6 is 0 Å². The molecule has 180 valence electrons. The van der Waals surface area contributed by atoms with E-state index < -0.39 is 0 Å². The molecule has 8 aromatic rings. The van der Waals surface area contributed by atoms with Gasteiger partial charge in [-0.05, 0) is 102 Å². The molecule has 0 saturated heterocycles. The van der Waals surface area contributed by atoms with Crippen molar-refractivity contribution >= 4 is 53.9 Å². The van der Waals surface area contributed by atoms with E-state index >= 15 is 0 Å². The van der Waals surface area contributed by atoms with Gasteiger partial charge in [0.2, 0.25) is 0 Å². The Hall–Kier alpha value is -5.14. The summed E-state index contributed by atoms with van der Waals surface area (Å²) in [5, 5.41) is 12.6. The van der Waals surface area contributed by atoms with Crippen molar-refractivity contribution in [2.45, 2.75) is 0 Å². The van der Waals surface area contributed by atoms with Crippen molar-refractivity contribution in [1.29, 1.82) is 0 Å². The minimum absolute atomic E-state index is 0.910. The SMILES string of the molecule is c1ccc2cc3c(ccc4cc(-c5ccc6c(c5)-c5cccc7c5c(cc5ccccc57)O6)ccc43)cc2c1. The molecule has 1 nitrogen and oxygen atoms in total. The van der Waals surface area contributed by atoms with E-state index in [4.69, 9.17) is 4.74 Å². The summed E-state index contributed by atoms with van der Waals surface area (Å²) in [4.78, 5) is 0. The van der Waals surface area contributed by atoms with Crippen LogP contribution in [0, 0.1) is 0 Å². The molecule has 1 aliphatic rings. The van der Waals surface area contributed by atoms with Gasteiger partial charge >= 0.3 is 0 Å². The third-order valence-corrected chi connectivity index (χ3v) is 8.37. The summed E-state index contributed by atoms with van der Waals surface area (Å²) < 4.78 is 6.50. The summed E-state index contributed by atoms with van der Waals surface area (Å²) in [6, 6.07) is 48.5. The second kappa shape index (κ2) is 7.69. The molecule has 1 heteroatoms. The summed E-state index contributed by atoms with van der Waals surface area (Å²) in [5.74, 6) is 1.84. The zero-order chi connectivity index (χ0) is 25.5. The Kier molecular flexibility index (Phi) is 4.11. The molecule has 0 atom stereocenters. The highest BCUT2D eigenvalue weighted by atomic mass is 16.5. The molecule has 1 heterocycles. The lowest BCUT2D eigenvalue weighted by atomic mass is 9.90. The van der Waals surface area contributed by atoms with Gasteiger partial charge in [-0.3, -0.25) is 0 Å². The Morgan fingerprint density at radius 1 is 0.333 bits per heavy atom. The van der Waals surface area contributed by atoms with Gasteiger partial charge in [-0.2, -0.15) is 0 Å². The minimum Gasteiger partial charge on any atom is -0.456 e. The molecule has 8 aromatic carbocycles. The van der Waals surface area contributed by atoms with Crippen LogP contribution < -0.4 is 4.74 Å². The van der Waals surface area contributed by atoms with Crippen LogP contribution in [0.4, 0.5) is 0 Å². The highest BCUT2D eigenvalue weighted by Crippen LogP contribution is 2.49. The molecule has 0 saturated carbocycles. The first-order valence-electron chi connectivity index (χ1n) is 13.4. The van der Waals surface area contributed by atoms with Crippen LogP contribution in [0.15, 0.2) is 133 Å². The molecule has 0 spiro atoms. The lowest BCUT2D eigenvalue weighted by Crippen LogP contribution is -1.98. The lowest BCUT2D eigenvalue weighted by Gasteiger charge is -2.23. The van der Waals surface area contributed by atoms with Crippen molar-refractivity contribution in [2.75, 3.05) is 0 Å². The first kappa shape index (κ1) is 20.9. The zero-order valence-corrected chi connectivity index (χ0v) is 21.1. The van der Waals surface area contributed by atoms with Gasteiger partial charge in [-0.1, -0.05) is 97.1 Å². The fourth-order valence-electron chi connectivity index (χ4n) is 6.49.